The van der Waals surface area contributed by atoms with Gasteiger partial charge in [0.15, 0.2) is 0 Å². The van der Waals surface area contributed by atoms with Gasteiger partial charge in [-0.15, -0.1) is 0 Å². The molecule has 1 saturated heterocycles. The van der Waals surface area contributed by atoms with E-state index in [2.05, 4.69) is 4.90 Å². The number of hydrogen-bond acceptors (Lipinski definition) is 4. The van der Waals surface area contributed by atoms with Gasteiger partial charge in [-0.2, -0.15) is 0 Å². The summed E-state index contributed by atoms with van der Waals surface area (Å²) in [6, 6.07) is 9.79. The third-order valence-electron chi connectivity index (χ3n) is 4.14. The fraction of sp³-hybridized carbons (Fsp3) is 0.529. The second-order valence-corrected chi connectivity index (χ2v) is 5.66. The lowest BCUT2D eigenvalue weighted by molar-refractivity contribution is 0.00126. The van der Waals surface area contributed by atoms with Crippen molar-refractivity contribution in [3.05, 3.63) is 36.1 Å². The van der Waals surface area contributed by atoms with Gasteiger partial charge in [0.1, 0.15) is 17.4 Å². The van der Waals surface area contributed by atoms with E-state index < -0.39 is 6.10 Å². The van der Waals surface area contributed by atoms with Crippen molar-refractivity contribution < 1.29 is 14.3 Å². The van der Waals surface area contributed by atoms with Gasteiger partial charge in [-0.3, -0.25) is 0 Å². The highest BCUT2D eigenvalue weighted by molar-refractivity contribution is 5.77. The van der Waals surface area contributed by atoms with Crippen LogP contribution < -0.4 is 0 Å². The topological polar surface area (TPSA) is 45.8 Å². The van der Waals surface area contributed by atoms with Crippen molar-refractivity contribution in [3.8, 4) is 0 Å². The van der Waals surface area contributed by atoms with Crippen LogP contribution in [0.15, 0.2) is 34.7 Å². The van der Waals surface area contributed by atoms with E-state index in [1.807, 2.05) is 37.3 Å². The minimum absolute atomic E-state index is 0.384. The highest BCUT2D eigenvalue weighted by Crippen LogP contribution is 2.25. The number of ether oxygens (including phenoxy) is 1. The Kier molecular flexibility index (Phi) is 4.58. The summed E-state index contributed by atoms with van der Waals surface area (Å²) in [7, 11) is 0. The Hall–Kier alpha value is -1.36. The number of para-hydroxylation sites is 1. The van der Waals surface area contributed by atoms with Crippen molar-refractivity contribution in [1.29, 1.82) is 0 Å². The molecule has 0 amide bonds. The Labute approximate surface area is 125 Å². The molecule has 1 unspecified atom stereocenters. The molecule has 3 rings (SSSR count). The van der Waals surface area contributed by atoms with Crippen molar-refractivity contribution in [2.24, 2.45) is 0 Å². The smallest absolute Gasteiger partial charge is 0.135 e. The average molecular weight is 289 g/mol. The van der Waals surface area contributed by atoms with Crippen LogP contribution in [0, 0.1) is 0 Å². The van der Waals surface area contributed by atoms with Crippen molar-refractivity contribution >= 4 is 11.0 Å². The summed E-state index contributed by atoms with van der Waals surface area (Å²) in [5, 5.41) is 11.4. The summed E-state index contributed by atoms with van der Waals surface area (Å²) in [6.07, 6.45) is 1.90. The van der Waals surface area contributed by atoms with Crippen LogP contribution >= 0.6 is 0 Å². The molecule has 21 heavy (non-hydrogen) atoms. The van der Waals surface area contributed by atoms with E-state index in [0.717, 1.165) is 43.5 Å². The van der Waals surface area contributed by atoms with Crippen molar-refractivity contribution in [2.45, 2.75) is 32.0 Å². The fourth-order valence-corrected chi connectivity index (χ4v) is 3.00. The van der Waals surface area contributed by atoms with Crippen molar-refractivity contribution in [3.63, 3.8) is 0 Å². The van der Waals surface area contributed by atoms with E-state index in [-0.39, 0.29) is 0 Å². The number of nitrogens with zero attached hydrogens (tertiary/aromatic N) is 1. The van der Waals surface area contributed by atoms with Gasteiger partial charge in [-0.25, -0.2) is 0 Å². The molecule has 1 aromatic heterocycles. The number of β-amino-alcohol motifs (C(OH)–C–C–N with tert-alkyl or cyclic N) is 1. The number of aliphatic hydroxyl groups excluding tert-OH is 1. The second kappa shape index (κ2) is 6.60. The molecule has 2 aromatic rings. The number of piperidine rings is 1. The van der Waals surface area contributed by atoms with Gasteiger partial charge in [0.05, 0.1) is 6.10 Å². The van der Waals surface area contributed by atoms with Gasteiger partial charge >= 0.3 is 0 Å². The van der Waals surface area contributed by atoms with Crippen LogP contribution in [-0.4, -0.2) is 42.4 Å². The largest absolute Gasteiger partial charge is 0.458 e. The molecule has 1 aliphatic rings. The average Bonchev–Trinajstić information content (AvgIpc) is 2.94. The van der Waals surface area contributed by atoms with E-state index in [1.165, 1.54) is 0 Å². The molecule has 0 bridgehead atoms. The van der Waals surface area contributed by atoms with Crippen LogP contribution in [0.1, 0.15) is 31.6 Å². The first-order valence-corrected chi connectivity index (χ1v) is 7.76. The zero-order valence-corrected chi connectivity index (χ0v) is 12.5. The molecule has 1 aromatic carbocycles. The summed E-state index contributed by atoms with van der Waals surface area (Å²) >= 11 is 0. The Morgan fingerprint density at radius 2 is 2.10 bits per heavy atom. The molecule has 0 aliphatic carbocycles. The molecular weight excluding hydrogens is 266 g/mol. The number of rotatable bonds is 5. The van der Waals surface area contributed by atoms with Crippen LogP contribution in [0.5, 0.6) is 0 Å². The lowest BCUT2D eigenvalue weighted by atomic mass is 10.1. The SMILES string of the molecule is CCOC1CCN(CC(O)c2cc3ccccc3o2)CC1. The van der Waals surface area contributed by atoms with Gasteiger partial charge in [-0.1, -0.05) is 18.2 Å². The molecule has 2 heterocycles. The molecule has 1 N–H and O–H groups in total. The summed E-state index contributed by atoms with van der Waals surface area (Å²) in [4.78, 5) is 2.29. The number of benzene rings is 1. The van der Waals surface area contributed by atoms with Gasteiger partial charge < -0.3 is 19.2 Å². The maximum atomic E-state index is 10.4. The zero-order chi connectivity index (χ0) is 14.7. The Morgan fingerprint density at radius 3 is 2.81 bits per heavy atom. The van der Waals surface area contributed by atoms with E-state index >= 15 is 0 Å². The maximum absolute atomic E-state index is 10.4. The van der Waals surface area contributed by atoms with Crippen molar-refractivity contribution in [1.82, 2.24) is 4.90 Å². The van der Waals surface area contributed by atoms with Gasteiger partial charge in [0.25, 0.3) is 0 Å². The number of fused-ring (bicyclic) bond motifs is 1. The summed E-state index contributed by atoms with van der Waals surface area (Å²) in [6.45, 7) is 5.40. The van der Waals surface area contributed by atoms with Crippen LogP contribution in [0.3, 0.4) is 0 Å². The lowest BCUT2D eigenvalue weighted by Crippen LogP contribution is -2.39. The van der Waals surface area contributed by atoms with Crippen LogP contribution in [0.4, 0.5) is 0 Å². The molecular formula is C17H23NO3. The molecule has 4 nitrogen and oxygen atoms in total. The number of aliphatic hydroxyl groups is 1. The minimum Gasteiger partial charge on any atom is -0.458 e. The number of furan rings is 1. The fourth-order valence-electron chi connectivity index (χ4n) is 3.00. The predicted molar refractivity (Wildman–Crippen MR) is 82.3 cm³/mol. The van der Waals surface area contributed by atoms with Crippen LogP contribution in [-0.2, 0) is 4.74 Å². The summed E-state index contributed by atoms with van der Waals surface area (Å²) in [5.41, 5.74) is 0.835. The van der Waals surface area contributed by atoms with E-state index in [4.69, 9.17) is 9.15 Å². The van der Waals surface area contributed by atoms with E-state index in [1.54, 1.807) is 0 Å². The van der Waals surface area contributed by atoms with Crippen LogP contribution in [0.25, 0.3) is 11.0 Å². The Bertz CT molecular complexity index is 539. The minimum atomic E-state index is -0.568. The Morgan fingerprint density at radius 1 is 1.33 bits per heavy atom. The molecule has 4 heteroatoms. The third-order valence-corrected chi connectivity index (χ3v) is 4.14. The zero-order valence-electron chi connectivity index (χ0n) is 12.5. The van der Waals surface area contributed by atoms with E-state index in [9.17, 15) is 5.11 Å². The van der Waals surface area contributed by atoms with Gasteiger partial charge in [0.2, 0.25) is 0 Å². The standard InChI is InChI=1S/C17H23NO3/c1-2-20-14-7-9-18(10-8-14)12-15(19)17-11-13-5-3-4-6-16(13)21-17/h3-6,11,14-15,19H,2,7-10,12H2,1H3. The van der Waals surface area contributed by atoms with Crippen molar-refractivity contribution in [2.75, 3.05) is 26.2 Å². The molecule has 1 atom stereocenters. The lowest BCUT2D eigenvalue weighted by Gasteiger charge is -2.32. The first kappa shape index (κ1) is 14.6. The van der Waals surface area contributed by atoms with E-state index in [0.29, 0.717) is 18.4 Å². The number of hydrogen-bond donors (Lipinski definition) is 1. The summed E-state index contributed by atoms with van der Waals surface area (Å²) < 4.78 is 11.4. The quantitative estimate of drug-likeness (QED) is 0.919. The molecule has 1 aliphatic heterocycles. The maximum Gasteiger partial charge on any atom is 0.135 e. The predicted octanol–water partition coefficient (Wildman–Crippen LogP) is 2.97. The van der Waals surface area contributed by atoms with Gasteiger partial charge in [-0.05, 0) is 31.9 Å². The van der Waals surface area contributed by atoms with Gasteiger partial charge in [0, 0.05) is 31.6 Å². The Balaban J connectivity index is 1.58. The third kappa shape index (κ3) is 3.46. The first-order valence-electron chi connectivity index (χ1n) is 7.76. The molecule has 114 valence electrons. The first-order chi connectivity index (χ1) is 10.3. The summed E-state index contributed by atoms with van der Waals surface area (Å²) in [5.74, 6) is 0.656. The monoisotopic (exact) mass is 289 g/mol. The number of likely N-dealkylation sites (tertiary alicyclic amines) is 1. The molecule has 0 radical (unpaired) electrons. The normalized spacial score (nSPS) is 19.1. The highest BCUT2D eigenvalue weighted by Gasteiger charge is 2.23. The van der Waals surface area contributed by atoms with Crippen LogP contribution in [0.2, 0.25) is 0 Å². The molecule has 1 fully saturated rings. The molecule has 0 spiro atoms. The molecule has 0 saturated carbocycles. The second-order valence-electron chi connectivity index (χ2n) is 5.66. The highest BCUT2D eigenvalue weighted by atomic mass is 16.5.